The van der Waals surface area contributed by atoms with E-state index < -0.39 is 0 Å². The number of nitrogens with zero attached hydrogens (tertiary/aromatic N) is 6. The second-order valence-corrected chi connectivity index (χ2v) is 28.1. The Bertz CT molecular complexity index is 7050. The van der Waals surface area contributed by atoms with Crippen LogP contribution < -0.4 is 0 Å². The van der Waals surface area contributed by atoms with Crippen LogP contribution in [0.4, 0.5) is 0 Å². The summed E-state index contributed by atoms with van der Waals surface area (Å²) in [5.41, 5.74) is 13.6. The van der Waals surface area contributed by atoms with Gasteiger partial charge in [0.05, 0.1) is 33.5 Å². The molecule has 22 rings (SSSR count). The summed E-state index contributed by atoms with van der Waals surface area (Å²) in [5, 5.41) is 18.2. The molecular formula is C80H40N6O2S4. The average Bonchev–Trinajstić information content (AvgIpc) is 1.57. The lowest BCUT2D eigenvalue weighted by Gasteiger charge is -2.10. The van der Waals surface area contributed by atoms with Crippen LogP contribution in [-0.2, 0) is 0 Å². The van der Waals surface area contributed by atoms with Gasteiger partial charge in [-0.25, -0.2) is 19.9 Å². The molecule has 10 heterocycles. The zero-order valence-corrected chi connectivity index (χ0v) is 51.5. The molecule has 12 aromatic carbocycles. The van der Waals surface area contributed by atoms with Gasteiger partial charge in [-0.2, -0.15) is 0 Å². The molecule has 12 heteroatoms. The fourth-order valence-corrected chi connectivity index (χ4v) is 19.5. The molecule has 0 saturated carbocycles. The number of benzene rings is 12. The summed E-state index contributed by atoms with van der Waals surface area (Å²) in [6, 6.07) is 87.4. The summed E-state index contributed by atoms with van der Waals surface area (Å²) in [4.78, 5) is 24.2. The van der Waals surface area contributed by atoms with E-state index in [-0.39, 0.29) is 0 Å². The molecule has 0 aliphatic rings. The van der Waals surface area contributed by atoms with Gasteiger partial charge in [-0.3, -0.25) is 9.13 Å². The summed E-state index contributed by atoms with van der Waals surface area (Å²) in [7, 11) is 0. The number of aromatic nitrogens is 6. The van der Waals surface area contributed by atoms with Crippen LogP contribution in [0.2, 0.25) is 0 Å². The van der Waals surface area contributed by atoms with Crippen molar-refractivity contribution in [1.82, 2.24) is 29.1 Å². The summed E-state index contributed by atoms with van der Waals surface area (Å²) in [5.74, 6) is 1.27. The maximum atomic E-state index is 7.09. The van der Waals surface area contributed by atoms with E-state index in [4.69, 9.17) is 28.8 Å². The van der Waals surface area contributed by atoms with Crippen LogP contribution in [0.1, 0.15) is 0 Å². The lowest BCUT2D eigenvalue weighted by atomic mass is 9.99. The summed E-state index contributed by atoms with van der Waals surface area (Å²) < 4.78 is 25.2. The monoisotopic (exact) mass is 1240 g/mol. The van der Waals surface area contributed by atoms with Crippen molar-refractivity contribution in [3.8, 4) is 45.5 Å². The van der Waals surface area contributed by atoms with Crippen LogP contribution >= 0.6 is 45.3 Å². The van der Waals surface area contributed by atoms with Gasteiger partial charge in [-0.1, -0.05) is 146 Å². The zero-order chi connectivity index (χ0) is 59.6. The predicted octanol–water partition coefficient (Wildman–Crippen LogP) is 23.7. The number of thiophene rings is 4. The molecule has 10 aromatic heterocycles. The highest BCUT2D eigenvalue weighted by Gasteiger charge is 2.26. The van der Waals surface area contributed by atoms with Gasteiger partial charge >= 0.3 is 0 Å². The second-order valence-electron chi connectivity index (χ2n) is 23.9. The van der Waals surface area contributed by atoms with Crippen LogP contribution in [0.15, 0.2) is 251 Å². The van der Waals surface area contributed by atoms with Crippen LogP contribution in [0, 0.1) is 0 Å². The number of fused-ring (bicyclic) bond motifs is 24. The molecule has 0 amide bonds. The van der Waals surface area contributed by atoms with E-state index in [2.05, 4.69) is 240 Å². The summed E-state index contributed by atoms with van der Waals surface area (Å²) in [6.07, 6.45) is 0. The molecule has 0 saturated heterocycles. The third-order valence-corrected chi connectivity index (χ3v) is 23.5. The molecule has 0 N–H and O–H groups in total. The molecule has 0 fully saturated rings. The lowest BCUT2D eigenvalue weighted by molar-refractivity contribution is 0.669. The quantitative estimate of drug-likeness (QED) is 0.171. The van der Waals surface area contributed by atoms with Crippen molar-refractivity contribution in [1.29, 1.82) is 0 Å². The van der Waals surface area contributed by atoms with Crippen molar-refractivity contribution in [2.24, 2.45) is 0 Å². The molecule has 0 aliphatic heterocycles. The van der Waals surface area contributed by atoms with E-state index in [1.54, 1.807) is 22.7 Å². The Kier molecular flexibility index (Phi) is 9.88. The Labute approximate surface area is 535 Å². The molecule has 22 aromatic rings. The first-order valence-corrected chi connectivity index (χ1v) is 33.8. The second kappa shape index (κ2) is 18.3. The van der Waals surface area contributed by atoms with Gasteiger partial charge in [0.25, 0.3) is 0 Å². The Morgan fingerprint density at radius 2 is 0.761 bits per heavy atom. The molecule has 426 valence electrons. The zero-order valence-electron chi connectivity index (χ0n) is 48.2. The van der Waals surface area contributed by atoms with Crippen molar-refractivity contribution in [3.63, 3.8) is 0 Å². The predicted molar refractivity (Wildman–Crippen MR) is 389 cm³/mol. The van der Waals surface area contributed by atoms with Crippen molar-refractivity contribution < 1.29 is 8.83 Å². The minimum absolute atomic E-state index is 0.629. The Balaban J connectivity index is 0.708. The van der Waals surface area contributed by atoms with Gasteiger partial charge in [0, 0.05) is 126 Å². The van der Waals surface area contributed by atoms with Crippen LogP contribution in [0.25, 0.3) is 214 Å². The Morgan fingerprint density at radius 3 is 1.46 bits per heavy atom. The van der Waals surface area contributed by atoms with E-state index in [0.29, 0.717) is 11.9 Å². The first kappa shape index (κ1) is 49.7. The van der Waals surface area contributed by atoms with E-state index in [1.807, 2.05) is 34.8 Å². The molecule has 0 atom stereocenters. The highest BCUT2D eigenvalue weighted by atomic mass is 32.1. The van der Waals surface area contributed by atoms with E-state index in [0.717, 1.165) is 141 Å². The van der Waals surface area contributed by atoms with Crippen LogP contribution in [0.5, 0.6) is 0 Å². The highest BCUT2D eigenvalue weighted by molar-refractivity contribution is 7.27. The van der Waals surface area contributed by atoms with E-state index >= 15 is 0 Å². The Hall–Kier alpha value is -11.1. The third-order valence-electron chi connectivity index (χ3n) is 19.0. The van der Waals surface area contributed by atoms with Gasteiger partial charge in [0.15, 0.2) is 0 Å². The number of hydrogen-bond acceptors (Lipinski definition) is 10. The highest BCUT2D eigenvalue weighted by Crippen LogP contribution is 2.49. The molecule has 0 bridgehead atoms. The first-order chi connectivity index (χ1) is 45.6. The third kappa shape index (κ3) is 6.82. The lowest BCUT2D eigenvalue weighted by Crippen LogP contribution is -2.02. The number of para-hydroxylation sites is 4. The topological polar surface area (TPSA) is 87.7 Å². The van der Waals surface area contributed by atoms with Gasteiger partial charge in [-0.15, -0.1) is 45.3 Å². The maximum absolute atomic E-state index is 7.09. The first-order valence-electron chi connectivity index (χ1n) is 30.6. The number of rotatable bonds is 5. The fourth-order valence-electron chi connectivity index (χ4n) is 15.0. The standard InChI is InChI=1S/C80H40N6O2S4/c1-8-26-60-44(15-1)53-37-57-47-18-4-10-28-66(47)89-69(57)39-61(53)86(60)80-82-74(72-51-20-6-12-30-68(51)92-78(72)84-80)52-24-14-22-48-56-35-41(31-33-65(56)88-75(48)52)43-21-13-23-49-58-38-54-45-16-2-7-25-59(45)85(62(54)40-70(58)90-76(43)49)79-81-73(71-50-19-5-11-29-67(50)91-77(71)83-79)42-32-34-64-55(36-42)46-17-3-9-27-63(46)87-64/h1-40H. The Morgan fingerprint density at radius 1 is 0.272 bits per heavy atom. The molecule has 0 spiro atoms. The largest absolute Gasteiger partial charge is 0.456 e. The normalized spacial score (nSPS) is 12.6. The SMILES string of the molecule is c1ccc2c(c1)oc1ccc(-c3nc(-n4c5ccccc5c5cc6c(cc54)sc4c(-c5ccc7oc8c(-c9nc(-n%10c%11ccccc%11c%11cc%12c(cc%11%10)sc%10ccccc%10%12)nc%10sc%11ccccc%11c9%10)cccc8c7c5)cccc46)nc4sc5ccccc5c34)cc12. The molecule has 92 heavy (non-hydrogen) atoms. The molecule has 0 radical (unpaired) electrons. The van der Waals surface area contributed by atoms with Crippen molar-refractivity contribution in [3.05, 3.63) is 243 Å². The van der Waals surface area contributed by atoms with Gasteiger partial charge in [0.2, 0.25) is 11.9 Å². The molecular weight excluding hydrogens is 1210 g/mol. The van der Waals surface area contributed by atoms with Crippen molar-refractivity contribution in [2.75, 3.05) is 0 Å². The van der Waals surface area contributed by atoms with E-state index in [1.165, 1.54) is 61.4 Å². The average molecular weight is 1250 g/mol. The summed E-state index contributed by atoms with van der Waals surface area (Å²) >= 11 is 7.10. The minimum atomic E-state index is 0.629. The minimum Gasteiger partial charge on any atom is -0.456 e. The fraction of sp³-hybridized carbons (Fsp3) is 0. The van der Waals surface area contributed by atoms with Gasteiger partial charge in [-0.05, 0) is 108 Å². The van der Waals surface area contributed by atoms with Crippen molar-refractivity contribution in [2.45, 2.75) is 0 Å². The van der Waals surface area contributed by atoms with E-state index in [9.17, 15) is 0 Å². The smallest absolute Gasteiger partial charge is 0.236 e. The van der Waals surface area contributed by atoms with Gasteiger partial charge < -0.3 is 8.83 Å². The molecule has 8 nitrogen and oxygen atoms in total. The number of hydrogen-bond donors (Lipinski definition) is 0. The maximum Gasteiger partial charge on any atom is 0.236 e. The van der Waals surface area contributed by atoms with Crippen LogP contribution in [0.3, 0.4) is 0 Å². The van der Waals surface area contributed by atoms with Gasteiger partial charge in [0.1, 0.15) is 32.0 Å². The molecule has 0 unspecified atom stereocenters. The molecule has 0 aliphatic carbocycles. The number of furan rings is 2. The van der Waals surface area contributed by atoms with Crippen molar-refractivity contribution >= 4 is 214 Å². The summed E-state index contributed by atoms with van der Waals surface area (Å²) in [6.45, 7) is 0. The van der Waals surface area contributed by atoms with Crippen LogP contribution in [-0.4, -0.2) is 29.1 Å².